The minimum absolute atomic E-state index is 0.169. The molecule has 1 saturated carbocycles. The summed E-state index contributed by atoms with van der Waals surface area (Å²) in [5.74, 6) is 0.944. The molecule has 2 N–H and O–H groups in total. The molecule has 1 aliphatic heterocycles. The molecular weight excluding hydrogens is 172 g/mol. The Kier molecular flexibility index (Phi) is 3.13. The van der Waals surface area contributed by atoms with Crippen LogP contribution < -0.4 is 5.73 Å². The molecule has 2 aliphatic rings. The van der Waals surface area contributed by atoms with E-state index in [0.717, 1.165) is 12.5 Å². The van der Waals surface area contributed by atoms with Gasteiger partial charge in [0.1, 0.15) is 0 Å². The largest absolute Gasteiger partial charge is 0.324 e. The minimum atomic E-state index is 0.169. The lowest BCUT2D eigenvalue weighted by Crippen LogP contribution is -2.47. The van der Waals surface area contributed by atoms with Gasteiger partial charge < -0.3 is 10.6 Å². The van der Waals surface area contributed by atoms with Crippen molar-refractivity contribution in [2.24, 2.45) is 11.7 Å². The number of nitrogens with zero attached hydrogens (tertiary/aromatic N) is 1. The van der Waals surface area contributed by atoms with E-state index in [1.165, 1.54) is 51.6 Å². The van der Waals surface area contributed by atoms with E-state index in [1.54, 1.807) is 0 Å². The highest BCUT2D eigenvalue weighted by atomic mass is 15.2. The lowest BCUT2D eigenvalue weighted by molar-refractivity contribution is 0.240. The van der Waals surface area contributed by atoms with Gasteiger partial charge in [0.05, 0.1) is 0 Å². The monoisotopic (exact) mass is 196 g/mol. The third kappa shape index (κ3) is 2.29. The number of rotatable bonds is 3. The molecular formula is C12H24N2. The molecule has 0 radical (unpaired) electrons. The molecule has 82 valence electrons. The second-order valence-corrected chi connectivity index (χ2v) is 5.37. The highest BCUT2D eigenvalue weighted by Crippen LogP contribution is 2.30. The molecule has 1 heterocycles. The van der Waals surface area contributed by atoms with E-state index in [9.17, 15) is 0 Å². The van der Waals surface area contributed by atoms with Crippen molar-refractivity contribution in [1.82, 2.24) is 4.90 Å². The predicted molar refractivity (Wildman–Crippen MR) is 60.2 cm³/mol. The van der Waals surface area contributed by atoms with E-state index in [4.69, 9.17) is 5.73 Å². The van der Waals surface area contributed by atoms with Gasteiger partial charge in [0, 0.05) is 18.6 Å². The fraction of sp³-hybridized carbons (Fsp3) is 1.00. The maximum Gasteiger partial charge on any atom is 0.0283 e. The van der Waals surface area contributed by atoms with Crippen LogP contribution in [0, 0.1) is 5.92 Å². The van der Waals surface area contributed by atoms with Gasteiger partial charge in [0.25, 0.3) is 0 Å². The summed E-state index contributed by atoms with van der Waals surface area (Å²) in [6.07, 6.45) is 7.93. The average molecular weight is 196 g/mol. The van der Waals surface area contributed by atoms with Crippen LogP contribution in [-0.2, 0) is 0 Å². The molecule has 1 atom stereocenters. The van der Waals surface area contributed by atoms with Crippen molar-refractivity contribution < 1.29 is 0 Å². The third-order valence-electron chi connectivity index (χ3n) is 4.09. The summed E-state index contributed by atoms with van der Waals surface area (Å²) in [4.78, 5) is 2.60. The van der Waals surface area contributed by atoms with Gasteiger partial charge >= 0.3 is 0 Å². The zero-order chi connectivity index (χ0) is 10.0. The molecule has 1 aliphatic carbocycles. The van der Waals surface area contributed by atoms with E-state index in [2.05, 4.69) is 11.8 Å². The highest BCUT2D eigenvalue weighted by molar-refractivity contribution is 4.93. The molecule has 1 saturated heterocycles. The van der Waals surface area contributed by atoms with Gasteiger partial charge in [-0.3, -0.25) is 0 Å². The maximum atomic E-state index is 6.38. The van der Waals surface area contributed by atoms with Gasteiger partial charge in [-0.1, -0.05) is 26.2 Å². The first-order chi connectivity index (χ1) is 6.72. The summed E-state index contributed by atoms with van der Waals surface area (Å²) >= 11 is 0. The van der Waals surface area contributed by atoms with Gasteiger partial charge in [-0.25, -0.2) is 0 Å². The molecule has 14 heavy (non-hydrogen) atoms. The first-order valence-electron chi connectivity index (χ1n) is 6.23. The molecule has 0 bridgehead atoms. The average Bonchev–Trinajstić information content (AvgIpc) is 2.75. The first kappa shape index (κ1) is 10.4. The van der Waals surface area contributed by atoms with Crippen LogP contribution in [0.5, 0.6) is 0 Å². The zero-order valence-electron chi connectivity index (χ0n) is 9.47. The summed E-state index contributed by atoms with van der Waals surface area (Å²) in [6.45, 7) is 6.05. The van der Waals surface area contributed by atoms with E-state index in [0.29, 0.717) is 0 Å². The molecule has 0 aromatic carbocycles. The lowest BCUT2D eigenvalue weighted by Gasteiger charge is -2.29. The quantitative estimate of drug-likeness (QED) is 0.748. The molecule has 2 rings (SSSR count). The smallest absolute Gasteiger partial charge is 0.0283 e. The van der Waals surface area contributed by atoms with Gasteiger partial charge in [-0.05, 0) is 31.7 Å². The number of hydrogen-bond acceptors (Lipinski definition) is 2. The van der Waals surface area contributed by atoms with Gasteiger partial charge in [-0.2, -0.15) is 0 Å². The van der Waals surface area contributed by atoms with Crippen molar-refractivity contribution in [2.45, 2.75) is 51.0 Å². The Morgan fingerprint density at radius 3 is 2.64 bits per heavy atom. The van der Waals surface area contributed by atoms with Crippen LogP contribution >= 0.6 is 0 Å². The second-order valence-electron chi connectivity index (χ2n) is 5.37. The molecule has 2 fully saturated rings. The Labute approximate surface area is 87.8 Å². The maximum absolute atomic E-state index is 6.38. The van der Waals surface area contributed by atoms with Crippen molar-refractivity contribution in [3.05, 3.63) is 0 Å². The van der Waals surface area contributed by atoms with E-state index < -0.39 is 0 Å². The molecule has 1 unspecified atom stereocenters. The van der Waals surface area contributed by atoms with Crippen molar-refractivity contribution in [3.63, 3.8) is 0 Å². The summed E-state index contributed by atoms with van der Waals surface area (Å²) in [5, 5.41) is 0. The Morgan fingerprint density at radius 1 is 1.36 bits per heavy atom. The number of nitrogens with two attached hydrogens (primary N) is 1. The van der Waals surface area contributed by atoms with Crippen LogP contribution in [0.15, 0.2) is 0 Å². The van der Waals surface area contributed by atoms with Gasteiger partial charge in [-0.15, -0.1) is 0 Å². The molecule has 2 heteroatoms. The lowest BCUT2D eigenvalue weighted by atomic mass is 9.98. The summed E-state index contributed by atoms with van der Waals surface area (Å²) in [7, 11) is 0. The topological polar surface area (TPSA) is 29.3 Å². The van der Waals surface area contributed by atoms with Gasteiger partial charge in [0.15, 0.2) is 0 Å². The predicted octanol–water partition coefficient (Wildman–Crippen LogP) is 1.99. The fourth-order valence-electron chi connectivity index (χ4n) is 3.07. The van der Waals surface area contributed by atoms with Crippen LogP contribution in [0.3, 0.4) is 0 Å². The SMILES string of the molecule is CCC1CCN(CC2(N)CCCC2)C1. The van der Waals surface area contributed by atoms with Crippen molar-refractivity contribution in [2.75, 3.05) is 19.6 Å². The van der Waals surface area contributed by atoms with Crippen LogP contribution in [0.2, 0.25) is 0 Å². The van der Waals surface area contributed by atoms with E-state index >= 15 is 0 Å². The summed E-state index contributed by atoms with van der Waals surface area (Å²) < 4.78 is 0. The Balaban J connectivity index is 1.80. The molecule has 0 aromatic rings. The molecule has 0 amide bonds. The molecule has 2 nitrogen and oxygen atoms in total. The Morgan fingerprint density at radius 2 is 2.07 bits per heavy atom. The standard InChI is InChI=1S/C12H24N2/c1-2-11-5-8-14(9-11)10-12(13)6-3-4-7-12/h11H,2-10,13H2,1H3. The normalized spacial score (nSPS) is 32.6. The second kappa shape index (κ2) is 4.19. The van der Waals surface area contributed by atoms with Crippen molar-refractivity contribution >= 4 is 0 Å². The highest BCUT2D eigenvalue weighted by Gasteiger charge is 2.33. The van der Waals surface area contributed by atoms with Crippen LogP contribution in [-0.4, -0.2) is 30.1 Å². The first-order valence-corrected chi connectivity index (χ1v) is 6.23. The van der Waals surface area contributed by atoms with E-state index in [-0.39, 0.29) is 5.54 Å². The summed E-state index contributed by atoms with van der Waals surface area (Å²) in [5.41, 5.74) is 6.55. The zero-order valence-corrected chi connectivity index (χ0v) is 9.47. The summed E-state index contributed by atoms with van der Waals surface area (Å²) in [6, 6.07) is 0. The third-order valence-corrected chi connectivity index (χ3v) is 4.09. The van der Waals surface area contributed by atoms with Gasteiger partial charge in [0.2, 0.25) is 0 Å². The molecule has 0 spiro atoms. The van der Waals surface area contributed by atoms with Crippen LogP contribution in [0.1, 0.15) is 45.4 Å². The number of hydrogen-bond donors (Lipinski definition) is 1. The minimum Gasteiger partial charge on any atom is -0.324 e. The van der Waals surface area contributed by atoms with Crippen LogP contribution in [0.4, 0.5) is 0 Å². The van der Waals surface area contributed by atoms with Crippen molar-refractivity contribution in [1.29, 1.82) is 0 Å². The van der Waals surface area contributed by atoms with Crippen LogP contribution in [0.25, 0.3) is 0 Å². The molecule has 0 aromatic heterocycles. The number of likely N-dealkylation sites (tertiary alicyclic amines) is 1. The fourth-order valence-corrected chi connectivity index (χ4v) is 3.07. The Bertz CT molecular complexity index is 185. The van der Waals surface area contributed by atoms with Crippen molar-refractivity contribution in [3.8, 4) is 0 Å². The van der Waals surface area contributed by atoms with E-state index in [1.807, 2.05) is 0 Å². The Hall–Kier alpha value is -0.0800.